The lowest BCUT2D eigenvalue weighted by Gasteiger charge is -2.11. The largest absolute Gasteiger partial charge is 0.387 e. The summed E-state index contributed by atoms with van der Waals surface area (Å²) in [6.45, 7) is 0. The van der Waals surface area contributed by atoms with Gasteiger partial charge in [0, 0.05) is 18.3 Å². The van der Waals surface area contributed by atoms with Crippen LogP contribution in [0.25, 0.3) is 0 Å². The van der Waals surface area contributed by atoms with E-state index in [0.29, 0.717) is 22.0 Å². The fraction of sp³-hybridized carbons (Fsp3) is 0.0667. The van der Waals surface area contributed by atoms with Crippen LogP contribution in [0.4, 0.5) is 11.4 Å². The molecule has 0 bridgehead atoms. The summed E-state index contributed by atoms with van der Waals surface area (Å²) >= 11 is 6.02. The molecule has 6 heteroatoms. The number of primary amides is 1. The number of hydrogen-bond donors (Lipinski definition) is 3. The van der Waals surface area contributed by atoms with Gasteiger partial charge in [-0.05, 0) is 30.3 Å². The van der Waals surface area contributed by atoms with Gasteiger partial charge in [-0.2, -0.15) is 0 Å². The van der Waals surface area contributed by atoms with Crippen molar-refractivity contribution in [3.63, 3.8) is 0 Å². The Labute approximate surface area is 127 Å². The molecule has 0 aliphatic carbocycles. The van der Waals surface area contributed by atoms with Gasteiger partial charge in [-0.15, -0.1) is 0 Å². The van der Waals surface area contributed by atoms with E-state index in [9.17, 15) is 9.59 Å². The molecule has 0 aliphatic heterocycles. The first-order chi connectivity index (χ1) is 10.0. The minimum absolute atomic E-state index is 0.275. The molecule has 0 spiro atoms. The molecule has 0 aromatic heterocycles. The zero-order valence-electron chi connectivity index (χ0n) is 11.3. The SMILES string of the molecule is CNc1ccccc1C(=O)Nc1cc(C(N)=O)ccc1Cl. The van der Waals surface area contributed by atoms with E-state index < -0.39 is 5.91 Å². The van der Waals surface area contributed by atoms with Crippen LogP contribution in [0.5, 0.6) is 0 Å². The highest BCUT2D eigenvalue weighted by atomic mass is 35.5. The Morgan fingerprint density at radius 3 is 2.48 bits per heavy atom. The predicted molar refractivity (Wildman–Crippen MR) is 83.9 cm³/mol. The van der Waals surface area contributed by atoms with Crippen molar-refractivity contribution in [1.82, 2.24) is 0 Å². The summed E-state index contributed by atoms with van der Waals surface area (Å²) < 4.78 is 0. The molecule has 0 atom stereocenters. The summed E-state index contributed by atoms with van der Waals surface area (Å²) in [5, 5.41) is 5.95. The average molecular weight is 304 g/mol. The van der Waals surface area contributed by atoms with E-state index in [1.807, 2.05) is 6.07 Å². The van der Waals surface area contributed by atoms with Crippen molar-refractivity contribution in [2.75, 3.05) is 17.7 Å². The van der Waals surface area contributed by atoms with E-state index in [1.54, 1.807) is 25.2 Å². The molecule has 5 nitrogen and oxygen atoms in total. The minimum atomic E-state index is -0.585. The fourth-order valence-electron chi connectivity index (χ4n) is 1.86. The summed E-state index contributed by atoms with van der Waals surface area (Å²) in [5.41, 5.74) is 6.99. The molecule has 0 saturated heterocycles. The first-order valence-electron chi connectivity index (χ1n) is 6.20. The summed E-state index contributed by atoms with van der Waals surface area (Å²) in [6.07, 6.45) is 0. The molecule has 108 valence electrons. The van der Waals surface area contributed by atoms with Crippen LogP contribution >= 0.6 is 11.6 Å². The second-order valence-electron chi connectivity index (χ2n) is 4.31. The smallest absolute Gasteiger partial charge is 0.257 e. The van der Waals surface area contributed by atoms with Gasteiger partial charge in [-0.25, -0.2) is 0 Å². The Kier molecular flexibility index (Phi) is 4.45. The maximum absolute atomic E-state index is 12.3. The van der Waals surface area contributed by atoms with Crippen molar-refractivity contribution in [2.24, 2.45) is 5.73 Å². The fourth-order valence-corrected chi connectivity index (χ4v) is 2.03. The number of nitrogens with two attached hydrogens (primary N) is 1. The number of carbonyl (C=O) groups excluding carboxylic acids is 2. The Hall–Kier alpha value is -2.53. The zero-order valence-corrected chi connectivity index (χ0v) is 12.1. The van der Waals surface area contributed by atoms with Gasteiger partial charge in [-0.3, -0.25) is 9.59 Å². The molecular formula is C15H14ClN3O2. The summed E-state index contributed by atoms with van der Waals surface area (Å²) in [6, 6.07) is 11.5. The van der Waals surface area contributed by atoms with Gasteiger partial charge in [0.15, 0.2) is 0 Å². The maximum Gasteiger partial charge on any atom is 0.257 e. The van der Waals surface area contributed by atoms with Crippen molar-refractivity contribution in [3.8, 4) is 0 Å². The Balaban J connectivity index is 2.31. The molecular weight excluding hydrogens is 290 g/mol. The number of nitrogens with one attached hydrogen (secondary N) is 2. The van der Waals surface area contributed by atoms with E-state index >= 15 is 0 Å². The third-order valence-corrected chi connectivity index (χ3v) is 3.27. The monoisotopic (exact) mass is 303 g/mol. The highest BCUT2D eigenvalue weighted by molar-refractivity contribution is 6.34. The second-order valence-corrected chi connectivity index (χ2v) is 4.72. The second kappa shape index (κ2) is 6.28. The van der Waals surface area contributed by atoms with E-state index in [1.165, 1.54) is 18.2 Å². The highest BCUT2D eigenvalue weighted by Crippen LogP contribution is 2.24. The van der Waals surface area contributed by atoms with Crippen molar-refractivity contribution in [2.45, 2.75) is 0 Å². The molecule has 2 aromatic carbocycles. The first-order valence-corrected chi connectivity index (χ1v) is 6.58. The molecule has 0 radical (unpaired) electrons. The van der Waals surface area contributed by atoms with Gasteiger partial charge in [0.2, 0.25) is 5.91 Å². The standard InChI is InChI=1S/C15H14ClN3O2/c1-18-12-5-3-2-4-10(12)15(21)19-13-8-9(14(17)20)6-7-11(13)16/h2-8,18H,1H3,(H2,17,20)(H,19,21). The molecule has 0 unspecified atom stereocenters. The van der Waals surface area contributed by atoms with Crippen molar-refractivity contribution in [3.05, 3.63) is 58.6 Å². The third-order valence-electron chi connectivity index (χ3n) is 2.94. The Morgan fingerprint density at radius 1 is 1.10 bits per heavy atom. The maximum atomic E-state index is 12.3. The van der Waals surface area contributed by atoms with E-state index in [4.69, 9.17) is 17.3 Å². The van der Waals surface area contributed by atoms with E-state index in [-0.39, 0.29) is 11.5 Å². The molecule has 21 heavy (non-hydrogen) atoms. The van der Waals surface area contributed by atoms with E-state index in [0.717, 1.165) is 0 Å². The molecule has 0 saturated carbocycles. The van der Waals surface area contributed by atoms with Crippen LogP contribution in [0.2, 0.25) is 5.02 Å². The highest BCUT2D eigenvalue weighted by Gasteiger charge is 2.13. The normalized spacial score (nSPS) is 10.0. The van der Waals surface area contributed by atoms with Gasteiger partial charge in [0.05, 0.1) is 16.3 Å². The van der Waals surface area contributed by atoms with E-state index in [2.05, 4.69) is 10.6 Å². The van der Waals surface area contributed by atoms with Crippen LogP contribution < -0.4 is 16.4 Å². The number of hydrogen-bond acceptors (Lipinski definition) is 3. The quantitative estimate of drug-likeness (QED) is 0.812. The summed E-state index contributed by atoms with van der Waals surface area (Å²) in [5.74, 6) is -0.915. The molecule has 0 aliphatic rings. The molecule has 4 N–H and O–H groups in total. The number of amides is 2. The number of para-hydroxylation sites is 1. The molecule has 2 amide bonds. The zero-order chi connectivity index (χ0) is 15.4. The molecule has 2 aromatic rings. The van der Waals surface area contributed by atoms with Gasteiger partial charge >= 0.3 is 0 Å². The van der Waals surface area contributed by atoms with Crippen molar-refractivity contribution >= 4 is 34.8 Å². The topological polar surface area (TPSA) is 84.2 Å². The van der Waals surface area contributed by atoms with Crippen molar-refractivity contribution < 1.29 is 9.59 Å². The number of benzene rings is 2. The van der Waals surface area contributed by atoms with Gasteiger partial charge < -0.3 is 16.4 Å². The number of rotatable bonds is 4. The van der Waals surface area contributed by atoms with Crippen LogP contribution in [0.15, 0.2) is 42.5 Å². The minimum Gasteiger partial charge on any atom is -0.387 e. The number of anilines is 2. The molecule has 2 rings (SSSR count). The lowest BCUT2D eigenvalue weighted by atomic mass is 10.1. The van der Waals surface area contributed by atoms with Crippen LogP contribution in [-0.4, -0.2) is 18.9 Å². The molecule has 0 fully saturated rings. The average Bonchev–Trinajstić information content (AvgIpc) is 2.49. The van der Waals surface area contributed by atoms with Gasteiger partial charge in [0.1, 0.15) is 0 Å². The third kappa shape index (κ3) is 3.32. The lowest BCUT2D eigenvalue weighted by molar-refractivity contribution is 0.0996. The van der Waals surface area contributed by atoms with Crippen LogP contribution in [-0.2, 0) is 0 Å². The first kappa shape index (κ1) is 14.9. The lowest BCUT2D eigenvalue weighted by Crippen LogP contribution is -2.16. The Bertz CT molecular complexity index is 701. The van der Waals surface area contributed by atoms with Crippen molar-refractivity contribution in [1.29, 1.82) is 0 Å². The summed E-state index contributed by atoms with van der Waals surface area (Å²) in [4.78, 5) is 23.5. The molecule has 0 heterocycles. The Morgan fingerprint density at radius 2 is 1.81 bits per heavy atom. The van der Waals surface area contributed by atoms with Gasteiger partial charge in [-0.1, -0.05) is 23.7 Å². The predicted octanol–water partition coefficient (Wildman–Crippen LogP) is 2.73. The van der Waals surface area contributed by atoms with Gasteiger partial charge in [0.25, 0.3) is 5.91 Å². The van der Waals surface area contributed by atoms with Crippen LogP contribution in [0.3, 0.4) is 0 Å². The number of halogens is 1. The van der Waals surface area contributed by atoms with Crippen LogP contribution in [0.1, 0.15) is 20.7 Å². The summed E-state index contributed by atoms with van der Waals surface area (Å²) in [7, 11) is 1.73. The number of carbonyl (C=O) groups is 2. The van der Waals surface area contributed by atoms with Crippen LogP contribution in [0, 0.1) is 0 Å².